The number of benzene rings is 1. The molecule has 0 bridgehead atoms. The standard InChI is InChI=1S/C21H28N2O4/c24-19(16-5-2-1-3-6-16)22-11-8-17(9-12-22)20(25)23-10-4-7-18(15-23)21-26-13-14-27-21/h1-3,5-6,17-18,21H,4,7-15H2. The van der Waals surface area contributed by atoms with Crippen LogP contribution in [0.2, 0.25) is 0 Å². The first kappa shape index (κ1) is 18.4. The Bertz CT molecular complexity index is 651. The molecule has 2 amide bonds. The third-order valence-electron chi connectivity index (χ3n) is 5.95. The van der Waals surface area contributed by atoms with Gasteiger partial charge in [0.1, 0.15) is 0 Å². The third-order valence-corrected chi connectivity index (χ3v) is 5.95. The van der Waals surface area contributed by atoms with E-state index in [1.807, 2.05) is 40.1 Å². The number of carbonyl (C=O) groups excluding carboxylic acids is 2. The number of ether oxygens (including phenoxy) is 2. The maximum absolute atomic E-state index is 13.0. The molecular formula is C21H28N2O4. The van der Waals surface area contributed by atoms with Gasteiger partial charge in [-0.15, -0.1) is 0 Å². The molecule has 6 heteroatoms. The van der Waals surface area contributed by atoms with Crippen molar-refractivity contribution in [3.63, 3.8) is 0 Å². The minimum absolute atomic E-state index is 0.0222. The number of hydrogen-bond donors (Lipinski definition) is 0. The summed E-state index contributed by atoms with van der Waals surface area (Å²) in [4.78, 5) is 29.4. The quantitative estimate of drug-likeness (QED) is 0.816. The molecule has 0 spiro atoms. The van der Waals surface area contributed by atoms with E-state index < -0.39 is 0 Å². The predicted molar refractivity (Wildman–Crippen MR) is 100 cm³/mol. The minimum Gasteiger partial charge on any atom is -0.350 e. The van der Waals surface area contributed by atoms with E-state index >= 15 is 0 Å². The maximum Gasteiger partial charge on any atom is 0.253 e. The number of rotatable bonds is 3. The first-order valence-corrected chi connectivity index (χ1v) is 10.1. The summed E-state index contributed by atoms with van der Waals surface area (Å²) in [6, 6.07) is 9.37. The molecule has 0 aliphatic carbocycles. The third kappa shape index (κ3) is 4.17. The zero-order chi connectivity index (χ0) is 18.6. The van der Waals surface area contributed by atoms with E-state index in [1.54, 1.807) is 0 Å². The average molecular weight is 372 g/mol. The lowest BCUT2D eigenvalue weighted by molar-refractivity contribution is -0.144. The molecule has 0 saturated carbocycles. The van der Waals surface area contributed by atoms with Crippen LogP contribution in [0.1, 0.15) is 36.0 Å². The average Bonchev–Trinajstić information content (AvgIpc) is 3.29. The lowest BCUT2D eigenvalue weighted by Crippen LogP contribution is -2.48. The van der Waals surface area contributed by atoms with E-state index in [0.717, 1.165) is 44.3 Å². The number of piperidine rings is 2. The van der Waals surface area contributed by atoms with Gasteiger partial charge in [-0.3, -0.25) is 9.59 Å². The Morgan fingerprint density at radius 1 is 0.889 bits per heavy atom. The number of nitrogens with zero attached hydrogens (tertiary/aromatic N) is 2. The lowest BCUT2D eigenvalue weighted by atomic mass is 9.91. The van der Waals surface area contributed by atoms with Crippen LogP contribution in [-0.2, 0) is 14.3 Å². The van der Waals surface area contributed by atoms with E-state index in [4.69, 9.17) is 9.47 Å². The van der Waals surface area contributed by atoms with Gasteiger partial charge in [0.15, 0.2) is 6.29 Å². The molecule has 3 aliphatic heterocycles. The fourth-order valence-electron chi connectivity index (χ4n) is 4.43. The summed E-state index contributed by atoms with van der Waals surface area (Å²) in [6.45, 7) is 4.16. The van der Waals surface area contributed by atoms with Crippen molar-refractivity contribution in [1.82, 2.24) is 9.80 Å². The zero-order valence-electron chi connectivity index (χ0n) is 15.7. The highest BCUT2D eigenvalue weighted by molar-refractivity contribution is 5.94. The Kier molecular flexibility index (Phi) is 5.74. The van der Waals surface area contributed by atoms with Gasteiger partial charge < -0.3 is 19.3 Å². The molecular weight excluding hydrogens is 344 g/mol. The van der Waals surface area contributed by atoms with Crippen LogP contribution in [0.25, 0.3) is 0 Å². The molecule has 1 aromatic carbocycles. The van der Waals surface area contributed by atoms with Crippen LogP contribution in [0, 0.1) is 11.8 Å². The highest BCUT2D eigenvalue weighted by Gasteiger charge is 2.36. The van der Waals surface area contributed by atoms with Gasteiger partial charge in [0.2, 0.25) is 5.91 Å². The molecule has 3 heterocycles. The molecule has 1 unspecified atom stereocenters. The second-order valence-corrected chi connectivity index (χ2v) is 7.73. The summed E-state index contributed by atoms with van der Waals surface area (Å²) < 4.78 is 11.3. The summed E-state index contributed by atoms with van der Waals surface area (Å²) in [7, 11) is 0. The van der Waals surface area contributed by atoms with Gasteiger partial charge in [0.05, 0.1) is 13.2 Å². The highest BCUT2D eigenvalue weighted by atomic mass is 16.7. The van der Waals surface area contributed by atoms with Gasteiger partial charge >= 0.3 is 0 Å². The molecule has 0 aromatic heterocycles. The Labute approximate surface area is 160 Å². The smallest absolute Gasteiger partial charge is 0.253 e. The predicted octanol–water partition coefficient (Wildman–Crippen LogP) is 2.15. The van der Waals surface area contributed by atoms with Crippen LogP contribution in [0.15, 0.2) is 30.3 Å². The zero-order valence-corrected chi connectivity index (χ0v) is 15.7. The Morgan fingerprint density at radius 3 is 2.30 bits per heavy atom. The van der Waals surface area contributed by atoms with E-state index in [-0.39, 0.29) is 29.9 Å². The van der Waals surface area contributed by atoms with Gasteiger partial charge in [0.25, 0.3) is 5.91 Å². The van der Waals surface area contributed by atoms with Crippen LogP contribution in [0.4, 0.5) is 0 Å². The van der Waals surface area contributed by atoms with Crippen molar-refractivity contribution in [3.05, 3.63) is 35.9 Å². The molecule has 1 aromatic rings. The van der Waals surface area contributed by atoms with Crippen molar-refractivity contribution in [1.29, 1.82) is 0 Å². The molecule has 3 fully saturated rings. The topological polar surface area (TPSA) is 59.1 Å². The first-order valence-electron chi connectivity index (χ1n) is 10.1. The SMILES string of the molecule is O=C(c1ccccc1)N1CCC(C(=O)N2CCCC(C3OCCO3)C2)CC1. The van der Waals surface area contributed by atoms with Crippen molar-refractivity contribution in [2.75, 3.05) is 39.4 Å². The molecule has 3 aliphatic rings. The summed E-state index contributed by atoms with van der Waals surface area (Å²) in [5.41, 5.74) is 0.720. The summed E-state index contributed by atoms with van der Waals surface area (Å²) in [5, 5.41) is 0. The number of likely N-dealkylation sites (tertiary alicyclic amines) is 2. The number of hydrogen-bond acceptors (Lipinski definition) is 4. The van der Waals surface area contributed by atoms with Crippen LogP contribution >= 0.6 is 0 Å². The van der Waals surface area contributed by atoms with Gasteiger partial charge in [-0.05, 0) is 37.8 Å². The van der Waals surface area contributed by atoms with E-state index in [0.29, 0.717) is 26.3 Å². The van der Waals surface area contributed by atoms with Gasteiger partial charge in [0, 0.05) is 43.6 Å². The van der Waals surface area contributed by atoms with Crippen molar-refractivity contribution in [2.45, 2.75) is 32.0 Å². The Morgan fingerprint density at radius 2 is 1.59 bits per heavy atom. The number of carbonyl (C=O) groups is 2. The highest BCUT2D eigenvalue weighted by Crippen LogP contribution is 2.28. The Hall–Kier alpha value is -1.92. The van der Waals surface area contributed by atoms with Crippen molar-refractivity contribution >= 4 is 11.8 Å². The maximum atomic E-state index is 13.0. The van der Waals surface area contributed by atoms with Crippen LogP contribution in [0.5, 0.6) is 0 Å². The fraction of sp³-hybridized carbons (Fsp3) is 0.619. The van der Waals surface area contributed by atoms with Crippen molar-refractivity contribution in [3.8, 4) is 0 Å². The molecule has 4 rings (SSSR count). The van der Waals surface area contributed by atoms with Crippen LogP contribution < -0.4 is 0 Å². The first-order chi connectivity index (χ1) is 13.2. The van der Waals surface area contributed by atoms with E-state index in [2.05, 4.69) is 0 Å². The number of amides is 2. The summed E-state index contributed by atoms with van der Waals surface area (Å²) in [5.74, 6) is 0.610. The second kappa shape index (κ2) is 8.40. The van der Waals surface area contributed by atoms with Gasteiger partial charge in [-0.1, -0.05) is 18.2 Å². The molecule has 27 heavy (non-hydrogen) atoms. The van der Waals surface area contributed by atoms with Crippen LogP contribution in [-0.4, -0.2) is 67.3 Å². The van der Waals surface area contributed by atoms with E-state index in [9.17, 15) is 9.59 Å². The lowest BCUT2D eigenvalue weighted by Gasteiger charge is -2.38. The van der Waals surface area contributed by atoms with Crippen molar-refractivity contribution in [2.24, 2.45) is 11.8 Å². The second-order valence-electron chi connectivity index (χ2n) is 7.73. The van der Waals surface area contributed by atoms with Gasteiger partial charge in [-0.2, -0.15) is 0 Å². The summed E-state index contributed by atoms with van der Waals surface area (Å²) >= 11 is 0. The molecule has 3 saturated heterocycles. The normalized spacial score (nSPS) is 25.0. The van der Waals surface area contributed by atoms with Gasteiger partial charge in [-0.25, -0.2) is 0 Å². The molecule has 0 radical (unpaired) electrons. The molecule has 146 valence electrons. The molecule has 1 atom stereocenters. The van der Waals surface area contributed by atoms with E-state index in [1.165, 1.54) is 0 Å². The minimum atomic E-state index is -0.147. The Balaban J connectivity index is 1.30. The monoisotopic (exact) mass is 372 g/mol. The molecule has 6 nitrogen and oxygen atoms in total. The fourth-order valence-corrected chi connectivity index (χ4v) is 4.43. The van der Waals surface area contributed by atoms with Crippen molar-refractivity contribution < 1.29 is 19.1 Å². The largest absolute Gasteiger partial charge is 0.350 e. The van der Waals surface area contributed by atoms with Crippen LogP contribution in [0.3, 0.4) is 0 Å². The molecule has 0 N–H and O–H groups in total. The summed E-state index contributed by atoms with van der Waals surface area (Å²) in [6.07, 6.45) is 3.40.